The lowest BCUT2D eigenvalue weighted by Gasteiger charge is -2.13. The van der Waals surface area contributed by atoms with E-state index in [1.165, 1.54) is 12.1 Å². The number of benzene rings is 1. The van der Waals surface area contributed by atoms with Gasteiger partial charge in [0.15, 0.2) is 0 Å². The second-order valence-corrected chi connectivity index (χ2v) is 4.45. The Morgan fingerprint density at radius 3 is 2.67 bits per heavy atom. The molecule has 100 valence electrons. The van der Waals surface area contributed by atoms with Crippen molar-refractivity contribution >= 4 is 11.6 Å². The van der Waals surface area contributed by atoms with E-state index >= 15 is 0 Å². The van der Waals surface area contributed by atoms with Crippen LogP contribution in [0.2, 0.25) is 0 Å². The Labute approximate surface area is 106 Å². The van der Waals surface area contributed by atoms with Gasteiger partial charge >= 0.3 is 0 Å². The third kappa shape index (κ3) is 4.00. The zero-order chi connectivity index (χ0) is 13.7. The predicted molar refractivity (Wildman–Crippen MR) is 69.4 cm³/mol. The first-order chi connectivity index (χ1) is 8.41. The van der Waals surface area contributed by atoms with Crippen molar-refractivity contribution in [3.63, 3.8) is 0 Å². The minimum atomic E-state index is -0.546. The molecule has 5 heteroatoms. The van der Waals surface area contributed by atoms with Gasteiger partial charge in [0.05, 0.1) is 11.7 Å². The minimum Gasteiger partial charge on any atom is -0.393 e. The highest BCUT2D eigenvalue weighted by Crippen LogP contribution is 2.16. The third-order valence-electron chi connectivity index (χ3n) is 2.56. The van der Waals surface area contributed by atoms with Crippen LogP contribution < -0.4 is 10.2 Å². The molecule has 0 spiro atoms. The van der Waals surface area contributed by atoms with Gasteiger partial charge in [0.2, 0.25) is 0 Å². The molecule has 0 heterocycles. The maximum absolute atomic E-state index is 13.7. The van der Waals surface area contributed by atoms with Crippen molar-refractivity contribution in [3.05, 3.63) is 29.6 Å². The molecule has 4 nitrogen and oxygen atoms in total. The van der Waals surface area contributed by atoms with Crippen molar-refractivity contribution in [1.29, 1.82) is 0 Å². The SMILES string of the molecule is CC(O)CCNC(=O)c1ccc(N(C)C)cc1F. The summed E-state index contributed by atoms with van der Waals surface area (Å²) in [5.41, 5.74) is 0.722. The van der Waals surface area contributed by atoms with Crippen molar-refractivity contribution in [2.75, 3.05) is 25.5 Å². The topological polar surface area (TPSA) is 52.6 Å². The standard InChI is InChI=1S/C13H19FN2O2/c1-9(17)6-7-15-13(18)11-5-4-10(16(2)3)8-12(11)14/h4-5,8-9,17H,6-7H2,1-3H3,(H,15,18). The first-order valence-corrected chi connectivity index (χ1v) is 5.85. The van der Waals surface area contributed by atoms with E-state index < -0.39 is 17.8 Å². The first kappa shape index (κ1) is 14.4. The Morgan fingerprint density at radius 1 is 1.50 bits per heavy atom. The average molecular weight is 254 g/mol. The molecule has 0 saturated heterocycles. The second kappa shape index (κ2) is 6.35. The van der Waals surface area contributed by atoms with Gasteiger partial charge < -0.3 is 15.3 Å². The van der Waals surface area contributed by atoms with Crippen LogP contribution in [0.15, 0.2) is 18.2 Å². The minimum absolute atomic E-state index is 0.0196. The van der Waals surface area contributed by atoms with Crippen LogP contribution in [0.1, 0.15) is 23.7 Å². The number of rotatable bonds is 5. The van der Waals surface area contributed by atoms with Crippen LogP contribution in [0.5, 0.6) is 0 Å². The fraction of sp³-hybridized carbons (Fsp3) is 0.462. The molecule has 0 fully saturated rings. The van der Waals surface area contributed by atoms with Gasteiger partial charge in [0.1, 0.15) is 5.82 Å². The van der Waals surface area contributed by atoms with Gasteiger partial charge in [0.25, 0.3) is 5.91 Å². The molecule has 0 saturated carbocycles. The molecular formula is C13H19FN2O2. The number of carbonyl (C=O) groups excluding carboxylic acids is 1. The summed E-state index contributed by atoms with van der Waals surface area (Å²) in [7, 11) is 3.61. The maximum atomic E-state index is 13.7. The highest BCUT2D eigenvalue weighted by Gasteiger charge is 2.12. The lowest BCUT2D eigenvalue weighted by Crippen LogP contribution is -2.27. The molecule has 1 aromatic carbocycles. The van der Waals surface area contributed by atoms with Crippen LogP contribution in [-0.2, 0) is 0 Å². The molecule has 18 heavy (non-hydrogen) atoms. The molecule has 0 aliphatic rings. The number of hydrogen-bond donors (Lipinski definition) is 2. The van der Waals surface area contributed by atoms with Crippen molar-refractivity contribution in [3.8, 4) is 0 Å². The van der Waals surface area contributed by atoms with E-state index in [1.807, 2.05) is 0 Å². The number of halogens is 1. The molecule has 0 aliphatic heterocycles. The zero-order valence-electron chi connectivity index (χ0n) is 10.9. The smallest absolute Gasteiger partial charge is 0.254 e. The molecule has 1 atom stereocenters. The van der Waals surface area contributed by atoms with Crippen LogP contribution in [0, 0.1) is 5.82 Å². The number of aliphatic hydroxyl groups is 1. The van der Waals surface area contributed by atoms with Gasteiger partial charge in [-0.25, -0.2) is 4.39 Å². The first-order valence-electron chi connectivity index (χ1n) is 5.85. The van der Waals surface area contributed by atoms with Gasteiger partial charge in [-0.3, -0.25) is 4.79 Å². The van der Waals surface area contributed by atoms with Gasteiger partial charge in [-0.2, -0.15) is 0 Å². The summed E-state index contributed by atoms with van der Waals surface area (Å²) >= 11 is 0. The zero-order valence-corrected chi connectivity index (χ0v) is 10.9. The number of amides is 1. The Hall–Kier alpha value is -1.62. The Bertz CT molecular complexity index is 419. The largest absolute Gasteiger partial charge is 0.393 e. The lowest BCUT2D eigenvalue weighted by molar-refractivity contribution is 0.0941. The van der Waals surface area contributed by atoms with Crippen LogP contribution in [0.3, 0.4) is 0 Å². The molecule has 2 N–H and O–H groups in total. The maximum Gasteiger partial charge on any atom is 0.254 e. The van der Waals surface area contributed by atoms with Crippen LogP contribution in [0.25, 0.3) is 0 Å². The number of carbonyl (C=O) groups is 1. The van der Waals surface area contributed by atoms with Crippen LogP contribution in [0.4, 0.5) is 10.1 Å². The van der Waals surface area contributed by atoms with Gasteiger partial charge in [0, 0.05) is 26.3 Å². The van der Waals surface area contributed by atoms with Crippen molar-refractivity contribution in [2.45, 2.75) is 19.4 Å². The normalized spacial score (nSPS) is 12.1. The van der Waals surface area contributed by atoms with Gasteiger partial charge in [-0.05, 0) is 31.5 Å². The van der Waals surface area contributed by atoms with E-state index in [9.17, 15) is 9.18 Å². The Kier molecular flexibility index (Phi) is 5.09. The van der Waals surface area contributed by atoms with E-state index in [2.05, 4.69) is 5.32 Å². The fourth-order valence-electron chi connectivity index (χ4n) is 1.46. The Balaban J connectivity index is 2.69. The summed E-state index contributed by atoms with van der Waals surface area (Å²) < 4.78 is 13.7. The summed E-state index contributed by atoms with van der Waals surface area (Å²) in [5.74, 6) is -1.01. The summed E-state index contributed by atoms with van der Waals surface area (Å²) in [4.78, 5) is 13.4. The third-order valence-corrected chi connectivity index (χ3v) is 2.56. The highest BCUT2D eigenvalue weighted by atomic mass is 19.1. The molecule has 1 aromatic rings. The highest BCUT2D eigenvalue weighted by molar-refractivity contribution is 5.94. The summed E-state index contributed by atoms with van der Waals surface area (Å²) in [6.45, 7) is 1.96. The van der Waals surface area contributed by atoms with Gasteiger partial charge in [-0.1, -0.05) is 0 Å². The molecule has 1 unspecified atom stereocenters. The van der Waals surface area contributed by atoms with Crippen molar-refractivity contribution in [1.82, 2.24) is 5.32 Å². The van der Waals surface area contributed by atoms with Crippen LogP contribution >= 0.6 is 0 Å². The van der Waals surface area contributed by atoms with E-state index in [-0.39, 0.29) is 5.56 Å². The predicted octanol–water partition coefficient (Wildman–Crippen LogP) is 1.39. The number of aliphatic hydroxyl groups excluding tert-OH is 1. The molecule has 0 aliphatic carbocycles. The van der Waals surface area contributed by atoms with Crippen LogP contribution in [-0.4, -0.2) is 37.8 Å². The lowest BCUT2D eigenvalue weighted by atomic mass is 10.1. The van der Waals surface area contributed by atoms with Gasteiger partial charge in [-0.15, -0.1) is 0 Å². The summed E-state index contributed by atoms with van der Waals surface area (Å²) in [6, 6.07) is 4.47. The fourth-order valence-corrected chi connectivity index (χ4v) is 1.46. The number of nitrogens with zero attached hydrogens (tertiary/aromatic N) is 1. The monoisotopic (exact) mass is 254 g/mol. The molecule has 1 amide bonds. The molecule has 0 radical (unpaired) electrons. The van der Waals surface area contributed by atoms with Crippen molar-refractivity contribution in [2.24, 2.45) is 0 Å². The van der Waals surface area contributed by atoms with E-state index in [1.54, 1.807) is 32.0 Å². The summed E-state index contributed by atoms with van der Waals surface area (Å²) in [5, 5.41) is 11.6. The molecule has 0 bridgehead atoms. The molecular weight excluding hydrogens is 235 g/mol. The number of anilines is 1. The van der Waals surface area contributed by atoms with E-state index in [0.717, 1.165) is 0 Å². The summed E-state index contributed by atoms with van der Waals surface area (Å²) in [6.07, 6.45) is -0.0328. The molecule has 1 rings (SSSR count). The van der Waals surface area contributed by atoms with E-state index in [0.29, 0.717) is 18.7 Å². The van der Waals surface area contributed by atoms with E-state index in [4.69, 9.17) is 5.11 Å². The average Bonchev–Trinajstić information content (AvgIpc) is 2.27. The van der Waals surface area contributed by atoms with Crippen molar-refractivity contribution < 1.29 is 14.3 Å². The number of hydrogen-bond acceptors (Lipinski definition) is 3. The molecule has 0 aromatic heterocycles. The Morgan fingerprint density at radius 2 is 2.17 bits per heavy atom. The quantitative estimate of drug-likeness (QED) is 0.835. The number of nitrogens with one attached hydrogen (secondary N) is 1. The second-order valence-electron chi connectivity index (χ2n) is 4.45.